The maximum absolute atomic E-state index is 6.40. The first-order chi connectivity index (χ1) is 8.65. The number of benzene rings is 1. The van der Waals surface area contributed by atoms with Crippen molar-refractivity contribution in [3.05, 3.63) is 29.8 Å². The van der Waals surface area contributed by atoms with Gasteiger partial charge in [-0.15, -0.1) is 0 Å². The molecule has 3 nitrogen and oxygen atoms in total. The monoisotopic (exact) mass is 248 g/mol. The molecule has 3 atom stereocenters. The van der Waals surface area contributed by atoms with Gasteiger partial charge in [-0.3, -0.25) is 4.90 Å². The molecule has 100 valence electrons. The zero-order chi connectivity index (χ0) is 13.1. The summed E-state index contributed by atoms with van der Waals surface area (Å²) in [5.41, 5.74) is 7.53. The smallest absolute Gasteiger partial charge is 0.124 e. The van der Waals surface area contributed by atoms with Crippen LogP contribution in [0.2, 0.25) is 0 Å². The van der Waals surface area contributed by atoms with E-state index in [1.165, 1.54) is 12.8 Å². The Labute approximate surface area is 110 Å². The number of likely N-dealkylation sites (N-methyl/N-ethyl adjacent to an activating group) is 1. The number of nitrogens with two attached hydrogens (primary N) is 1. The fourth-order valence-electron chi connectivity index (χ4n) is 2.69. The minimum atomic E-state index is 0.0410. The van der Waals surface area contributed by atoms with Gasteiger partial charge in [0, 0.05) is 11.6 Å². The molecule has 0 amide bonds. The van der Waals surface area contributed by atoms with Gasteiger partial charge in [-0.2, -0.15) is 0 Å². The van der Waals surface area contributed by atoms with E-state index in [4.69, 9.17) is 10.5 Å². The van der Waals surface area contributed by atoms with E-state index in [0.29, 0.717) is 12.6 Å². The van der Waals surface area contributed by atoms with Crippen LogP contribution in [-0.4, -0.2) is 30.6 Å². The largest absolute Gasteiger partial charge is 0.492 e. The minimum Gasteiger partial charge on any atom is -0.492 e. The molecule has 2 rings (SSSR count). The van der Waals surface area contributed by atoms with E-state index in [-0.39, 0.29) is 12.1 Å². The van der Waals surface area contributed by atoms with E-state index >= 15 is 0 Å². The van der Waals surface area contributed by atoms with Gasteiger partial charge in [0.05, 0.1) is 12.1 Å². The van der Waals surface area contributed by atoms with Crippen molar-refractivity contribution in [2.24, 2.45) is 5.73 Å². The zero-order valence-electron chi connectivity index (χ0n) is 11.6. The molecule has 0 bridgehead atoms. The summed E-state index contributed by atoms with van der Waals surface area (Å²) in [5.74, 6) is 0.942. The molecule has 0 spiro atoms. The highest BCUT2D eigenvalue weighted by Crippen LogP contribution is 2.32. The topological polar surface area (TPSA) is 38.5 Å². The van der Waals surface area contributed by atoms with Crippen LogP contribution >= 0.6 is 0 Å². The second kappa shape index (κ2) is 5.72. The standard InChI is InChI=1S/C15H24N2O/c1-4-7-11(2)17(3)13-10-18-14-9-6-5-8-12(14)15(13)16/h5-6,8-9,11,13,15H,4,7,10,16H2,1-3H3. The van der Waals surface area contributed by atoms with E-state index in [2.05, 4.69) is 31.9 Å². The van der Waals surface area contributed by atoms with Crippen molar-refractivity contribution in [3.63, 3.8) is 0 Å². The number of nitrogens with zero attached hydrogens (tertiary/aromatic N) is 1. The number of hydrogen-bond acceptors (Lipinski definition) is 3. The lowest BCUT2D eigenvalue weighted by Crippen LogP contribution is -2.50. The normalized spacial score (nSPS) is 24.5. The first-order valence-corrected chi connectivity index (χ1v) is 6.84. The van der Waals surface area contributed by atoms with E-state index < -0.39 is 0 Å². The molecule has 3 unspecified atom stereocenters. The summed E-state index contributed by atoms with van der Waals surface area (Å²) in [6.07, 6.45) is 2.40. The van der Waals surface area contributed by atoms with Crippen LogP contribution in [0.5, 0.6) is 5.75 Å². The lowest BCUT2D eigenvalue weighted by atomic mass is 9.95. The fraction of sp³-hybridized carbons (Fsp3) is 0.600. The number of fused-ring (bicyclic) bond motifs is 1. The maximum Gasteiger partial charge on any atom is 0.124 e. The van der Waals surface area contributed by atoms with Gasteiger partial charge in [0.1, 0.15) is 12.4 Å². The quantitative estimate of drug-likeness (QED) is 0.890. The Balaban J connectivity index is 2.13. The third-order valence-corrected chi connectivity index (χ3v) is 4.03. The van der Waals surface area contributed by atoms with Crippen LogP contribution in [-0.2, 0) is 0 Å². The molecule has 1 aromatic rings. The Kier molecular flexibility index (Phi) is 4.25. The van der Waals surface area contributed by atoms with Gasteiger partial charge >= 0.3 is 0 Å². The Morgan fingerprint density at radius 1 is 1.44 bits per heavy atom. The SMILES string of the molecule is CCCC(C)N(C)C1COc2ccccc2C1N. The molecule has 0 fully saturated rings. The van der Waals surface area contributed by atoms with Crippen LogP contribution in [0, 0.1) is 0 Å². The molecule has 0 radical (unpaired) electrons. The zero-order valence-corrected chi connectivity index (χ0v) is 11.6. The summed E-state index contributed by atoms with van der Waals surface area (Å²) in [4.78, 5) is 2.37. The van der Waals surface area contributed by atoms with Crippen molar-refractivity contribution >= 4 is 0 Å². The van der Waals surface area contributed by atoms with Crippen molar-refractivity contribution in [2.75, 3.05) is 13.7 Å². The van der Waals surface area contributed by atoms with Crippen LogP contribution in [0.15, 0.2) is 24.3 Å². The van der Waals surface area contributed by atoms with Gasteiger partial charge in [-0.05, 0) is 26.5 Å². The Morgan fingerprint density at radius 3 is 2.89 bits per heavy atom. The average Bonchev–Trinajstić information content (AvgIpc) is 2.39. The Bertz CT molecular complexity index is 394. The summed E-state index contributed by atoms with van der Waals surface area (Å²) >= 11 is 0. The van der Waals surface area contributed by atoms with Crippen LogP contribution in [0.3, 0.4) is 0 Å². The Hall–Kier alpha value is -1.06. The molecular formula is C15H24N2O. The summed E-state index contributed by atoms with van der Waals surface area (Å²) in [7, 11) is 2.15. The summed E-state index contributed by atoms with van der Waals surface area (Å²) in [6.45, 7) is 5.16. The predicted octanol–water partition coefficient (Wildman–Crippen LogP) is 2.57. The summed E-state index contributed by atoms with van der Waals surface area (Å²) in [6, 6.07) is 8.95. The highest BCUT2D eigenvalue weighted by atomic mass is 16.5. The molecule has 18 heavy (non-hydrogen) atoms. The van der Waals surface area contributed by atoms with E-state index in [9.17, 15) is 0 Å². The number of para-hydroxylation sites is 1. The molecule has 1 aliphatic heterocycles. The van der Waals surface area contributed by atoms with Gasteiger partial charge < -0.3 is 10.5 Å². The van der Waals surface area contributed by atoms with Crippen molar-refractivity contribution in [2.45, 2.75) is 44.8 Å². The first kappa shape index (κ1) is 13.4. The Morgan fingerprint density at radius 2 is 2.17 bits per heavy atom. The van der Waals surface area contributed by atoms with Gasteiger partial charge in [-0.1, -0.05) is 31.5 Å². The highest BCUT2D eigenvalue weighted by Gasteiger charge is 2.32. The van der Waals surface area contributed by atoms with E-state index in [0.717, 1.165) is 11.3 Å². The second-order valence-corrected chi connectivity index (χ2v) is 5.25. The van der Waals surface area contributed by atoms with Gasteiger partial charge in [0.25, 0.3) is 0 Å². The molecule has 1 heterocycles. The van der Waals surface area contributed by atoms with E-state index in [1.807, 2.05) is 18.2 Å². The fourth-order valence-corrected chi connectivity index (χ4v) is 2.69. The molecule has 0 aromatic heterocycles. The van der Waals surface area contributed by atoms with Crippen molar-refractivity contribution in [3.8, 4) is 5.75 Å². The summed E-state index contributed by atoms with van der Waals surface area (Å²) in [5, 5.41) is 0. The first-order valence-electron chi connectivity index (χ1n) is 6.84. The third-order valence-electron chi connectivity index (χ3n) is 4.03. The second-order valence-electron chi connectivity index (χ2n) is 5.25. The predicted molar refractivity (Wildman–Crippen MR) is 74.8 cm³/mol. The van der Waals surface area contributed by atoms with Crippen molar-refractivity contribution in [1.82, 2.24) is 4.90 Å². The van der Waals surface area contributed by atoms with Gasteiger partial charge in [0.2, 0.25) is 0 Å². The van der Waals surface area contributed by atoms with Crippen molar-refractivity contribution < 1.29 is 4.74 Å². The lowest BCUT2D eigenvalue weighted by molar-refractivity contribution is 0.0873. The molecule has 0 aliphatic carbocycles. The van der Waals surface area contributed by atoms with Crippen LogP contribution in [0.25, 0.3) is 0 Å². The molecule has 0 saturated heterocycles. The van der Waals surface area contributed by atoms with Crippen LogP contribution < -0.4 is 10.5 Å². The van der Waals surface area contributed by atoms with Gasteiger partial charge in [-0.25, -0.2) is 0 Å². The molecular weight excluding hydrogens is 224 g/mol. The molecule has 1 aromatic carbocycles. The number of hydrogen-bond donors (Lipinski definition) is 1. The highest BCUT2D eigenvalue weighted by molar-refractivity contribution is 5.38. The number of rotatable bonds is 4. The van der Waals surface area contributed by atoms with E-state index in [1.54, 1.807) is 0 Å². The summed E-state index contributed by atoms with van der Waals surface area (Å²) < 4.78 is 5.83. The minimum absolute atomic E-state index is 0.0410. The third kappa shape index (κ3) is 2.52. The molecule has 3 heteroatoms. The molecule has 1 aliphatic rings. The average molecular weight is 248 g/mol. The van der Waals surface area contributed by atoms with Crippen LogP contribution in [0.1, 0.15) is 38.3 Å². The lowest BCUT2D eigenvalue weighted by Gasteiger charge is -2.40. The molecule has 2 N–H and O–H groups in total. The van der Waals surface area contributed by atoms with Gasteiger partial charge in [0.15, 0.2) is 0 Å². The van der Waals surface area contributed by atoms with Crippen LogP contribution in [0.4, 0.5) is 0 Å². The number of ether oxygens (including phenoxy) is 1. The molecule has 0 saturated carbocycles. The maximum atomic E-state index is 6.40. The van der Waals surface area contributed by atoms with Crippen molar-refractivity contribution in [1.29, 1.82) is 0 Å².